The molecule has 4 heteroatoms. The maximum atomic E-state index is 11.9. The van der Waals surface area contributed by atoms with E-state index in [1.165, 1.54) is 0 Å². The van der Waals surface area contributed by atoms with Crippen molar-refractivity contribution in [1.29, 1.82) is 0 Å². The van der Waals surface area contributed by atoms with Gasteiger partial charge in [0.15, 0.2) is 0 Å². The Hall–Kier alpha value is -1.84. The Kier molecular flexibility index (Phi) is 6.22. The summed E-state index contributed by atoms with van der Waals surface area (Å²) in [6.45, 7) is 8.61. The Morgan fingerprint density at radius 3 is 2.15 bits per heavy atom. The van der Waals surface area contributed by atoms with Gasteiger partial charge in [-0.1, -0.05) is 27.7 Å². The van der Waals surface area contributed by atoms with Crippen LogP contribution >= 0.6 is 0 Å². The number of hydrogen-bond donors (Lipinski definition) is 2. The number of carbonyl (C=O) groups is 2. The van der Waals surface area contributed by atoms with E-state index in [0.29, 0.717) is 23.7 Å². The monoisotopic (exact) mass is 276 g/mol. The molecule has 4 nitrogen and oxygen atoms in total. The Balaban J connectivity index is 2.53. The van der Waals surface area contributed by atoms with Gasteiger partial charge in [0, 0.05) is 23.7 Å². The average molecular weight is 276 g/mol. The van der Waals surface area contributed by atoms with Gasteiger partial charge in [0.2, 0.25) is 5.91 Å². The molecule has 0 spiro atoms. The standard InChI is InChI=1S/C16H24N2O2/c1-11(2)9-10-17-16(20)13-5-7-14(8-6-13)18-15(19)12(3)4/h5-8,11-12H,9-10H2,1-4H3,(H,17,20)(H,18,19). The molecule has 1 aromatic carbocycles. The predicted octanol–water partition coefficient (Wildman–Crippen LogP) is 3.06. The highest BCUT2D eigenvalue weighted by molar-refractivity contribution is 5.96. The summed E-state index contributed by atoms with van der Waals surface area (Å²) in [6, 6.07) is 6.94. The number of nitrogens with one attached hydrogen (secondary N) is 2. The quantitative estimate of drug-likeness (QED) is 0.839. The first kappa shape index (κ1) is 16.2. The first-order chi connectivity index (χ1) is 9.40. The summed E-state index contributed by atoms with van der Waals surface area (Å²) >= 11 is 0. The Morgan fingerprint density at radius 1 is 1.05 bits per heavy atom. The normalized spacial score (nSPS) is 10.7. The maximum absolute atomic E-state index is 11.9. The first-order valence-corrected chi connectivity index (χ1v) is 7.09. The van der Waals surface area contributed by atoms with Crippen LogP contribution in [-0.4, -0.2) is 18.4 Å². The lowest BCUT2D eigenvalue weighted by Gasteiger charge is -2.09. The fraction of sp³-hybridized carbons (Fsp3) is 0.500. The van der Waals surface area contributed by atoms with E-state index in [2.05, 4.69) is 24.5 Å². The van der Waals surface area contributed by atoms with Gasteiger partial charge in [-0.2, -0.15) is 0 Å². The second-order valence-electron chi connectivity index (χ2n) is 5.66. The van der Waals surface area contributed by atoms with E-state index < -0.39 is 0 Å². The summed E-state index contributed by atoms with van der Waals surface area (Å²) in [5.41, 5.74) is 1.32. The SMILES string of the molecule is CC(C)CCNC(=O)c1ccc(NC(=O)C(C)C)cc1. The van der Waals surface area contributed by atoms with E-state index in [-0.39, 0.29) is 17.7 Å². The molecule has 0 aliphatic heterocycles. The summed E-state index contributed by atoms with van der Waals surface area (Å²) in [7, 11) is 0. The Morgan fingerprint density at radius 2 is 1.65 bits per heavy atom. The van der Waals surface area contributed by atoms with Crippen LogP contribution in [0, 0.1) is 11.8 Å². The second-order valence-corrected chi connectivity index (χ2v) is 5.66. The molecule has 0 radical (unpaired) electrons. The fourth-order valence-corrected chi connectivity index (χ4v) is 1.57. The van der Waals surface area contributed by atoms with Crippen molar-refractivity contribution in [2.24, 2.45) is 11.8 Å². The minimum Gasteiger partial charge on any atom is -0.352 e. The summed E-state index contributed by atoms with van der Waals surface area (Å²) in [5.74, 6) is 0.407. The predicted molar refractivity (Wildman–Crippen MR) is 81.7 cm³/mol. The molecule has 0 aliphatic carbocycles. The number of benzene rings is 1. The molecule has 0 unspecified atom stereocenters. The number of rotatable bonds is 6. The molecule has 0 atom stereocenters. The minimum atomic E-state index is -0.0765. The molecular weight excluding hydrogens is 252 g/mol. The van der Waals surface area contributed by atoms with Crippen molar-refractivity contribution in [1.82, 2.24) is 5.32 Å². The van der Waals surface area contributed by atoms with Gasteiger partial charge < -0.3 is 10.6 Å². The van der Waals surface area contributed by atoms with Crippen LogP contribution < -0.4 is 10.6 Å². The zero-order chi connectivity index (χ0) is 15.1. The van der Waals surface area contributed by atoms with Crippen molar-refractivity contribution in [3.8, 4) is 0 Å². The molecule has 0 aromatic heterocycles. The van der Waals surface area contributed by atoms with E-state index in [1.54, 1.807) is 24.3 Å². The lowest BCUT2D eigenvalue weighted by atomic mass is 10.1. The molecule has 0 heterocycles. The van der Waals surface area contributed by atoms with E-state index in [4.69, 9.17) is 0 Å². The molecule has 2 N–H and O–H groups in total. The van der Waals surface area contributed by atoms with Crippen LogP contribution in [0.5, 0.6) is 0 Å². The molecule has 0 aliphatic rings. The molecule has 1 aromatic rings. The van der Waals surface area contributed by atoms with Crippen molar-refractivity contribution < 1.29 is 9.59 Å². The van der Waals surface area contributed by atoms with Gasteiger partial charge in [0.05, 0.1) is 0 Å². The zero-order valence-corrected chi connectivity index (χ0v) is 12.7. The van der Waals surface area contributed by atoms with E-state index >= 15 is 0 Å². The largest absolute Gasteiger partial charge is 0.352 e. The van der Waals surface area contributed by atoms with Gasteiger partial charge in [0.25, 0.3) is 5.91 Å². The fourth-order valence-electron chi connectivity index (χ4n) is 1.57. The van der Waals surface area contributed by atoms with Gasteiger partial charge in [-0.25, -0.2) is 0 Å². The highest BCUT2D eigenvalue weighted by atomic mass is 16.2. The van der Waals surface area contributed by atoms with Gasteiger partial charge >= 0.3 is 0 Å². The van der Waals surface area contributed by atoms with Crippen LogP contribution in [0.25, 0.3) is 0 Å². The van der Waals surface area contributed by atoms with Crippen LogP contribution in [-0.2, 0) is 4.79 Å². The molecule has 110 valence electrons. The first-order valence-electron chi connectivity index (χ1n) is 7.09. The third-order valence-corrected chi connectivity index (χ3v) is 2.95. The summed E-state index contributed by atoms with van der Waals surface area (Å²) < 4.78 is 0. The highest BCUT2D eigenvalue weighted by Gasteiger charge is 2.08. The molecule has 1 rings (SSSR count). The van der Waals surface area contributed by atoms with Crippen molar-refractivity contribution in [3.05, 3.63) is 29.8 Å². The highest BCUT2D eigenvalue weighted by Crippen LogP contribution is 2.11. The van der Waals surface area contributed by atoms with Crippen molar-refractivity contribution in [2.75, 3.05) is 11.9 Å². The van der Waals surface area contributed by atoms with Crippen LogP contribution in [0.15, 0.2) is 24.3 Å². The van der Waals surface area contributed by atoms with Gasteiger partial charge in [-0.3, -0.25) is 9.59 Å². The van der Waals surface area contributed by atoms with E-state index in [9.17, 15) is 9.59 Å². The summed E-state index contributed by atoms with van der Waals surface area (Å²) in [4.78, 5) is 23.4. The smallest absolute Gasteiger partial charge is 0.251 e. The third-order valence-electron chi connectivity index (χ3n) is 2.95. The van der Waals surface area contributed by atoms with Gasteiger partial charge in [0.1, 0.15) is 0 Å². The minimum absolute atomic E-state index is 0.0286. The molecule has 0 fully saturated rings. The Bertz CT molecular complexity index is 450. The van der Waals surface area contributed by atoms with Crippen molar-refractivity contribution >= 4 is 17.5 Å². The van der Waals surface area contributed by atoms with Gasteiger partial charge in [-0.05, 0) is 36.6 Å². The number of anilines is 1. The lowest BCUT2D eigenvalue weighted by molar-refractivity contribution is -0.118. The van der Waals surface area contributed by atoms with Crippen molar-refractivity contribution in [2.45, 2.75) is 34.1 Å². The lowest BCUT2D eigenvalue weighted by Crippen LogP contribution is -2.25. The van der Waals surface area contributed by atoms with E-state index in [1.807, 2.05) is 13.8 Å². The summed E-state index contributed by atoms with van der Waals surface area (Å²) in [6.07, 6.45) is 0.967. The van der Waals surface area contributed by atoms with E-state index in [0.717, 1.165) is 6.42 Å². The molecule has 20 heavy (non-hydrogen) atoms. The number of carbonyl (C=O) groups excluding carboxylic acids is 2. The van der Waals surface area contributed by atoms with Crippen LogP contribution in [0.2, 0.25) is 0 Å². The van der Waals surface area contributed by atoms with Crippen molar-refractivity contribution in [3.63, 3.8) is 0 Å². The molecule has 2 amide bonds. The maximum Gasteiger partial charge on any atom is 0.251 e. The Labute approximate surface area is 121 Å². The molecule has 0 saturated heterocycles. The molecular formula is C16H24N2O2. The second kappa shape index (κ2) is 7.68. The van der Waals surface area contributed by atoms with Crippen LogP contribution in [0.1, 0.15) is 44.5 Å². The zero-order valence-electron chi connectivity index (χ0n) is 12.7. The van der Waals surface area contributed by atoms with Crippen LogP contribution in [0.3, 0.4) is 0 Å². The third kappa shape index (κ3) is 5.43. The molecule has 0 bridgehead atoms. The molecule has 0 saturated carbocycles. The topological polar surface area (TPSA) is 58.2 Å². The number of hydrogen-bond acceptors (Lipinski definition) is 2. The number of amides is 2. The van der Waals surface area contributed by atoms with Crippen LogP contribution in [0.4, 0.5) is 5.69 Å². The summed E-state index contributed by atoms with van der Waals surface area (Å²) in [5, 5.41) is 5.68. The average Bonchev–Trinajstić information content (AvgIpc) is 2.38. The van der Waals surface area contributed by atoms with Gasteiger partial charge in [-0.15, -0.1) is 0 Å².